The Kier molecular flexibility index (Phi) is 2.18. The maximum Gasteiger partial charge on any atom is 0.356 e. The first-order valence-electron chi connectivity index (χ1n) is 4.99. The maximum atomic E-state index is 11.6. The molecule has 2 aliphatic heterocycles. The second-order valence-corrected chi connectivity index (χ2v) is 4.94. The van der Waals surface area contributed by atoms with E-state index in [4.69, 9.17) is 9.57 Å². The smallest absolute Gasteiger partial charge is 0.356 e. The minimum atomic E-state index is -0.846. The van der Waals surface area contributed by atoms with Gasteiger partial charge in [0.2, 0.25) is 5.78 Å². The second kappa shape index (κ2) is 3.39. The third-order valence-electron chi connectivity index (χ3n) is 3.03. The summed E-state index contributed by atoms with van der Waals surface area (Å²) >= 11 is 3.16. The molecule has 0 unspecified atom stereocenters. The van der Waals surface area contributed by atoms with Crippen molar-refractivity contribution in [3.05, 3.63) is 10.6 Å². The first-order chi connectivity index (χ1) is 8.07. The minimum absolute atomic E-state index is 0.101. The Morgan fingerprint density at radius 1 is 1.71 bits per heavy atom. The van der Waals surface area contributed by atoms with Gasteiger partial charge in [-0.2, -0.15) is 0 Å². The number of hydrogen-bond donors (Lipinski definition) is 0. The van der Waals surface area contributed by atoms with Crippen LogP contribution in [-0.4, -0.2) is 42.4 Å². The molecule has 0 amide bonds. The van der Waals surface area contributed by atoms with Crippen molar-refractivity contribution in [1.82, 2.24) is 0 Å². The molecule has 6 nitrogen and oxygen atoms in total. The Morgan fingerprint density at radius 3 is 3.18 bits per heavy atom. The van der Waals surface area contributed by atoms with Gasteiger partial charge in [-0.3, -0.25) is 4.79 Å². The summed E-state index contributed by atoms with van der Waals surface area (Å²) in [5.74, 6) is -0.628. The lowest BCUT2D eigenvalue weighted by Gasteiger charge is -2.23. The molecule has 1 saturated heterocycles. The summed E-state index contributed by atoms with van der Waals surface area (Å²) in [5, 5.41) is 3.71. The number of halogens is 1. The van der Waals surface area contributed by atoms with Crippen molar-refractivity contribution in [3.8, 4) is 0 Å². The van der Waals surface area contributed by atoms with Crippen molar-refractivity contribution >= 4 is 33.4 Å². The fourth-order valence-corrected chi connectivity index (χ4v) is 2.72. The highest BCUT2D eigenvalue weighted by atomic mass is 79.9. The van der Waals surface area contributed by atoms with Gasteiger partial charge in [0.15, 0.2) is 17.4 Å². The summed E-state index contributed by atoms with van der Waals surface area (Å²) in [4.78, 5) is 28.2. The average Bonchev–Trinajstić information content (AvgIpc) is 3.03. The van der Waals surface area contributed by atoms with Crippen molar-refractivity contribution in [1.29, 1.82) is 0 Å². The Bertz CT molecular complexity index is 485. The van der Waals surface area contributed by atoms with E-state index >= 15 is 0 Å². The molecule has 0 saturated carbocycles. The van der Waals surface area contributed by atoms with E-state index in [0.717, 1.165) is 0 Å². The van der Waals surface area contributed by atoms with Crippen molar-refractivity contribution < 1.29 is 23.9 Å². The predicted octanol–water partition coefficient (Wildman–Crippen LogP) is 0.303. The van der Waals surface area contributed by atoms with Crippen LogP contribution < -0.4 is 0 Å². The van der Waals surface area contributed by atoms with E-state index in [1.807, 2.05) is 0 Å². The zero-order valence-corrected chi connectivity index (χ0v) is 10.4. The minimum Gasteiger partial charge on any atom is -0.464 e. The van der Waals surface area contributed by atoms with Crippen molar-refractivity contribution in [3.63, 3.8) is 0 Å². The van der Waals surface area contributed by atoms with Crippen LogP contribution in [0.5, 0.6) is 0 Å². The van der Waals surface area contributed by atoms with Gasteiger partial charge in [-0.15, -0.1) is 0 Å². The zero-order chi connectivity index (χ0) is 12.2. The first kappa shape index (κ1) is 10.9. The summed E-state index contributed by atoms with van der Waals surface area (Å²) < 4.78 is 10.3. The summed E-state index contributed by atoms with van der Waals surface area (Å²) in [6.45, 7) is 0. The van der Waals surface area contributed by atoms with Crippen LogP contribution in [0.15, 0.2) is 15.7 Å². The number of methoxy groups -OCH3 is 1. The lowest BCUT2D eigenvalue weighted by Crippen LogP contribution is -2.40. The Morgan fingerprint density at radius 2 is 2.47 bits per heavy atom. The highest BCUT2D eigenvalue weighted by Gasteiger charge is 2.65. The predicted molar refractivity (Wildman–Crippen MR) is 58.6 cm³/mol. The molecular weight excluding hydrogens is 294 g/mol. The van der Waals surface area contributed by atoms with E-state index < -0.39 is 17.7 Å². The number of nitrogens with zero attached hydrogens (tertiary/aromatic N) is 1. The lowest BCUT2D eigenvalue weighted by atomic mass is 9.86. The topological polar surface area (TPSA) is 77.5 Å². The summed E-state index contributed by atoms with van der Waals surface area (Å²) in [6, 6.07) is 0. The van der Waals surface area contributed by atoms with Crippen LogP contribution in [0.4, 0.5) is 0 Å². The van der Waals surface area contributed by atoms with Crippen molar-refractivity contribution in [2.75, 3.05) is 7.11 Å². The van der Waals surface area contributed by atoms with E-state index in [2.05, 4.69) is 25.8 Å². The van der Waals surface area contributed by atoms with E-state index in [1.54, 1.807) is 6.08 Å². The van der Waals surface area contributed by atoms with Crippen LogP contribution >= 0.6 is 15.9 Å². The summed E-state index contributed by atoms with van der Waals surface area (Å²) in [7, 11) is 1.28. The molecule has 0 aromatic heterocycles. The first-order valence-corrected chi connectivity index (χ1v) is 5.78. The SMILES string of the molecule is COC(=O)C1=NO[C@@]2(C=C(Br)C(=O)[C@@H]3O[C@@H]32)C1. The molecule has 1 spiro atoms. The van der Waals surface area contributed by atoms with Crippen molar-refractivity contribution in [2.24, 2.45) is 5.16 Å². The Hall–Kier alpha value is -1.21. The number of fused-ring (bicyclic) bond motifs is 2. The normalized spacial score (nSPS) is 38.1. The van der Waals surface area contributed by atoms with Crippen LogP contribution in [0.25, 0.3) is 0 Å². The van der Waals surface area contributed by atoms with Crippen LogP contribution in [0.3, 0.4) is 0 Å². The average molecular weight is 302 g/mol. The Labute approximate surface area is 105 Å². The van der Waals surface area contributed by atoms with Gasteiger partial charge in [0, 0.05) is 6.42 Å². The summed E-state index contributed by atoms with van der Waals surface area (Å²) in [6.07, 6.45) is 1.02. The number of carbonyl (C=O) groups excluding carboxylic acids is 2. The number of Topliss-reactive ketones (excluding diaryl/α,β-unsaturated/α-hetero) is 1. The number of hydrogen-bond acceptors (Lipinski definition) is 6. The van der Waals surface area contributed by atoms with Gasteiger partial charge in [-0.1, -0.05) is 5.16 Å². The van der Waals surface area contributed by atoms with Gasteiger partial charge in [0.05, 0.1) is 11.6 Å². The molecule has 3 aliphatic rings. The molecule has 3 atom stereocenters. The molecule has 1 fully saturated rings. The van der Waals surface area contributed by atoms with Gasteiger partial charge in [0.1, 0.15) is 6.10 Å². The number of ketones is 1. The van der Waals surface area contributed by atoms with E-state index in [0.29, 0.717) is 4.48 Å². The molecule has 90 valence electrons. The van der Waals surface area contributed by atoms with Gasteiger partial charge in [-0.05, 0) is 22.0 Å². The van der Waals surface area contributed by atoms with E-state index in [9.17, 15) is 9.59 Å². The number of carbonyl (C=O) groups is 2. The quantitative estimate of drug-likeness (QED) is 0.514. The fraction of sp³-hybridized carbons (Fsp3) is 0.500. The van der Waals surface area contributed by atoms with Gasteiger partial charge in [-0.25, -0.2) is 4.79 Å². The highest BCUT2D eigenvalue weighted by molar-refractivity contribution is 9.12. The number of esters is 1. The zero-order valence-electron chi connectivity index (χ0n) is 8.81. The molecule has 0 radical (unpaired) electrons. The van der Waals surface area contributed by atoms with Crippen LogP contribution in [0.2, 0.25) is 0 Å². The molecule has 3 rings (SSSR count). The standard InChI is InChI=1S/C10H8BrNO5/c1-15-9(14)5-3-10(17-12-5)2-4(11)6(13)7-8(10)16-7/h2,7-8H,3H2,1H3/t7-,8-,10-/m0/s1. The Balaban J connectivity index is 1.87. The molecule has 0 aromatic carbocycles. The van der Waals surface area contributed by atoms with Gasteiger partial charge >= 0.3 is 5.97 Å². The molecule has 17 heavy (non-hydrogen) atoms. The van der Waals surface area contributed by atoms with Crippen LogP contribution in [-0.2, 0) is 23.9 Å². The van der Waals surface area contributed by atoms with Gasteiger partial charge < -0.3 is 14.3 Å². The maximum absolute atomic E-state index is 11.6. The molecule has 2 heterocycles. The molecule has 7 heteroatoms. The monoisotopic (exact) mass is 301 g/mol. The summed E-state index contributed by atoms with van der Waals surface area (Å²) in [5.41, 5.74) is -0.645. The van der Waals surface area contributed by atoms with Gasteiger partial charge in [0.25, 0.3) is 0 Å². The van der Waals surface area contributed by atoms with Crippen molar-refractivity contribution in [2.45, 2.75) is 24.2 Å². The third kappa shape index (κ3) is 1.45. The molecule has 1 aliphatic carbocycles. The largest absolute Gasteiger partial charge is 0.464 e. The highest BCUT2D eigenvalue weighted by Crippen LogP contribution is 2.47. The molecule has 0 bridgehead atoms. The number of rotatable bonds is 1. The molecule has 0 N–H and O–H groups in total. The second-order valence-electron chi connectivity index (χ2n) is 4.09. The van der Waals surface area contributed by atoms with Crippen LogP contribution in [0.1, 0.15) is 6.42 Å². The number of epoxide rings is 1. The third-order valence-corrected chi connectivity index (χ3v) is 3.65. The number of oxime groups is 1. The fourth-order valence-electron chi connectivity index (χ4n) is 2.11. The van der Waals surface area contributed by atoms with E-state index in [-0.39, 0.29) is 24.0 Å². The molecule has 0 aromatic rings. The van der Waals surface area contributed by atoms with Crippen LogP contribution in [0, 0.1) is 0 Å². The number of ether oxygens (including phenoxy) is 2. The lowest BCUT2D eigenvalue weighted by molar-refractivity contribution is -0.132. The molecular formula is C10H8BrNO5. The van der Waals surface area contributed by atoms with E-state index in [1.165, 1.54) is 7.11 Å².